The molecular formula is C24H24ClN3O2. The lowest BCUT2D eigenvalue weighted by Crippen LogP contribution is -2.48. The molecule has 0 atom stereocenters. The van der Waals surface area contributed by atoms with Crippen molar-refractivity contribution in [2.45, 2.75) is 0 Å². The van der Waals surface area contributed by atoms with Crippen molar-refractivity contribution >= 4 is 28.9 Å². The van der Waals surface area contributed by atoms with E-state index in [0.717, 1.165) is 48.3 Å². The van der Waals surface area contributed by atoms with Crippen LogP contribution in [0, 0.1) is 0 Å². The summed E-state index contributed by atoms with van der Waals surface area (Å²) in [7, 11) is 0. The minimum Gasteiger partial charge on any atom is -0.457 e. The highest BCUT2D eigenvalue weighted by molar-refractivity contribution is 6.30. The third kappa shape index (κ3) is 5.53. The third-order valence-corrected chi connectivity index (χ3v) is 5.24. The number of hydrogen-bond acceptors (Lipinski definition) is 4. The molecule has 154 valence electrons. The van der Waals surface area contributed by atoms with E-state index in [9.17, 15) is 4.79 Å². The summed E-state index contributed by atoms with van der Waals surface area (Å²) in [6, 6.07) is 24.9. The van der Waals surface area contributed by atoms with E-state index in [1.54, 1.807) is 0 Å². The summed E-state index contributed by atoms with van der Waals surface area (Å²) in [6.07, 6.45) is 0. The maximum absolute atomic E-state index is 12.5. The number of nitrogens with zero attached hydrogens (tertiary/aromatic N) is 2. The van der Waals surface area contributed by atoms with Crippen molar-refractivity contribution in [2.75, 3.05) is 42.9 Å². The first-order valence-corrected chi connectivity index (χ1v) is 10.4. The molecule has 3 aromatic rings. The number of halogens is 1. The number of carbonyl (C=O) groups is 1. The first kappa shape index (κ1) is 20.3. The van der Waals surface area contributed by atoms with Gasteiger partial charge >= 0.3 is 0 Å². The Kier molecular flexibility index (Phi) is 6.52. The molecule has 1 aliphatic rings. The number of anilines is 2. The molecule has 30 heavy (non-hydrogen) atoms. The van der Waals surface area contributed by atoms with E-state index in [1.165, 1.54) is 0 Å². The highest BCUT2D eigenvalue weighted by Gasteiger charge is 2.19. The number of piperazine rings is 1. The molecule has 0 radical (unpaired) electrons. The number of para-hydroxylation sites is 1. The Morgan fingerprint density at radius 3 is 2.37 bits per heavy atom. The highest BCUT2D eigenvalue weighted by Crippen LogP contribution is 2.24. The van der Waals surface area contributed by atoms with Crippen molar-refractivity contribution in [3.8, 4) is 11.5 Å². The second-order valence-corrected chi connectivity index (χ2v) is 7.67. The minimum absolute atomic E-state index is 0.0249. The zero-order valence-electron chi connectivity index (χ0n) is 16.6. The van der Waals surface area contributed by atoms with Gasteiger partial charge in [0.05, 0.1) is 6.54 Å². The average Bonchev–Trinajstić information content (AvgIpc) is 2.75. The Morgan fingerprint density at radius 1 is 0.867 bits per heavy atom. The fourth-order valence-electron chi connectivity index (χ4n) is 3.50. The number of carbonyl (C=O) groups excluding carboxylic acids is 1. The lowest BCUT2D eigenvalue weighted by molar-refractivity contribution is -0.117. The van der Waals surface area contributed by atoms with Crippen LogP contribution >= 0.6 is 11.6 Å². The van der Waals surface area contributed by atoms with Gasteiger partial charge in [0.25, 0.3) is 0 Å². The fraction of sp³-hybridized carbons (Fsp3) is 0.208. The number of rotatable bonds is 6. The van der Waals surface area contributed by atoms with E-state index < -0.39 is 0 Å². The molecule has 0 unspecified atom stereocenters. The van der Waals surface area contributed by atoms with Gasteiger partial charge in [0.15, 0.2) is 0 Å². The molecule has 1 N–H and O–H groups in total. The summed E-state index contributed by atoms with van der Waals surface area (Å²) in [5, 5.41) is 3.72. The number of ether oxygens (including phenoxy) is 1. The lowest BCUT2D eigenvalue weighted by atomic mass is 10.2. The van der Waals surface area contributed by atoms with Crippen LogP contribution in [0.3, 0.4) is 0 Å². The van der Waals surface area contributed by atoms with Crippen molar-refractivity contribution in [1.82, 2.24) is 4.90 Å². The smallest absolute Gasteiger partial charge is 0.238 e. The topological polar surface area (TPSA) is 44.8 Å². The first-order valence-electron chi connectivity index (χ1n) is 10.0. The number of amides is 1. The van der Waals surface area contributed by atoms with Crippen LogP contribution in [-0.2, 0) is 4.79 Å². The molecule has 1 aliphatic heterocycles. The normalized spacial score (nSPS) is 14.4. The van der Waals surface area contributed by atoms with Crippen molar-refractivity contribution < 1.29 is 9.53 Å². The van der Waals surface area contributed by atoms with Crippen LogP contribution in [0.4, 0.5) is 11.4 Å². The zero-order chi connectivity index (χ0) is 20.8. The van der Waals surface area contributed by atoms with Gasteiger partial charge in [0.2, 0.25) is 5.91 Å². The maximum Gasteiger partial charge on any atom is 0.238 e. The van der Waals surface area contributed by atoms with E-state index >= 15 is 0 Å². The van der Waals surface area contributed by atoms with Gasteiger partial charge in [-0.25, -0.2) is 0 Å². The molecule has 1 saturated heterocycles. The van der Waals surface area contributed by atoms with Crippen LogP contribution in [0.2, 0.25) is 5.02 Å². The van der Waals surface area contributed by atoms with Crippen molar-refractivity contribution in [2.24, 2.45) is 0 Å². The van der Waals surface area contributed by atoms with Gasteiger partial charge < -0.3 is 15.0 Å². The average molecular weight is 422 g/mol. The summed E-state index contributed by atoms with van der Waals surface area (Å²) < 4.78 is 5.84. The molecule has 0 spiro atoms. The molecule has 0 bridgehead atoms. The van der Waals surface area contributed by atoms with Gasteiger partial charge in [-0.15, -0.1) is 0 Å². The van der Waals surface area contributed by atoms with Crippen LogP contribution in [0.15, 0.2) is 78.9 Å². The Balaban J connectivity index is 1.28. The number of hydrogen-bond donors (Lipinski definition) is 1. The number of nitrogens with one attached hydrogen (secondary N) is 1. The van der Waals surface area contributed by atoms with Crippen molar-refractivity contribution in [3.63, 3.8) is 0 Å². The molecular weight excluding hydrogens is 398 g/mol. The molecule has 0 aromatic heterocycles. The van der Waals surface area contributed by atoms with Gasteiger partial charge in [-0.3, -0.25) is 9.69 Å². The molecule has 0 saturated carbocycles. The Bertz CT molecular complexity index is 989. The summed E-state index contributed by atoms with van der Waals surface area (Å²) in [6.45, 7) is 3.77. The van der Waals surface area contributed by atoms with Crippen LogP contribution in [0.1, 0.15) is 0 Å². The Labute approximate surface area is 181 Å². The standard InChI is InChI=1S/C24H24ClN3O2/c25-19-6-4-8-21(16-19)28-14-12-27(13-15-28)18-24(29)26-20-7-5-11-23(17-20)30-22-9-2-1-3-10-22/h1-11,16-17H,12-15,18H2,(H,26,29). The fourth-order valence-corrected chi connectivity index (χ4v) is 3.69. The van der Waals surface area contributed by atoms with E-state index in [0.29, 0.717) is 12.3 Å². The summed E-state index contributed by atoms with van der Waals surface area (Å²) >= 11 is 6.10. The molecule has 1 fully saturated rings. The van der Waals surface area contributed by atoms with E-state index in [2.05, 4.69) is 21.2 Å². The molecule has 6 heteroatoms. The third-order valence-electron chi connectivity index (χ3n) is 5.01. The zero-order valence-corrected chi connectivity index (χ0v) is 17.4. The molecule has 5 nitrogen and oxygen atoms in total. The molecule has 4 rings (SSSR count). The Hall–Kier alpha value is -3.02. The van der Waals surface area contributed by atoms with Crippen LogP contribution < -0.4 is 15.0 Å². The lowest BCUT2D eigenvalue weighted by Gasteiger charge is -2.35. The van der Waals surface area contributed by atoms with Crippen LogP contribution in [-0.4, -0.2) is 43.5 Å². The van der Waals surface area contributed by atoms with Gasteiger partial charge in [0.1, 0.15) is 11.5 Å². The largest absolute Gasteiger partial charge is 0.457 e. The van der Waals surface area contributed by atoms with Gasteiger partial charge in [0, 0.05) is 48.6 Å². The van der Waals surface area contributed by atoms with E-state index in [1.807, 2.05) is 72.8 Å². The SMILES string of the molecule is O=C(CN1CCN(c2cccc(Cl)c2)CC1)Nc1cccc(Oc2ccccc2)c1. The first-order chi connectivity index (χ1) is 14.7. The molecule has 1 amide bonds. The maximum atomic E-state index is 12.5. The molecule has 0 aliphatic carbocycles. The van der Waals surface area contributed by atoms with Gasteiger partial charge in [-0.2, -0.15) is 0 Å². The van der Waals surface area contributed by atoms with Crippen molar-refractivity contribution in [1.29, 1.82) is 0 Å². The van der Waals surface area contributed by atoms with Gasteiger partial charge in [-0.1, -0.05) is 41.9 Å². The predicted molar refractivity (Wildman–Crippen MR) is 122 cm³/mol. The monoisotopic (exact) mass is 421 g/mol. The molecule has 1 heterocycles. The predicted octanol–water partition coefficient (Wildman–Crippen LogP) is 4.89. The summed E-state index contributed by atoms with van der Waals surface area (Å²) in [5.41, 5.74) is 1.85. The minimum atomic E-state index is -0.0249. The highest BCUT2D eigenvalue weighted by atomic mass is 35.5. The second-order valence-electron chi connectivity index (χ2n) is 7.23. The van der Waals surface area contributed by atoms with Crippen LogP contribution in [0.5, 0.6) is 11.5 Å². The molecule has 3 aromatic carbocycles. The Morgan fingerprint density at radius 2 is 1.60 bits per heavy atom. The summed E-state index contributed by atoms with van der Waals surface area (Å²) in [4.78, 5) is 17.0. The second kappa shape index (κ2) is 9.65. The van der Waals surface area contributed by atoms with Crippen molar-refractivity contribution in [3.05, 3.63) is 83.9 Å². The quantitative estimate of drug-likeness (QED) is 0.615. The van der Waals surface area contributed by atoms with Gasteiger partial charge in [-0.05, 0) is 42.5 Å². The summed E-state index contributed by atoms with van der Waals surface area (Å²) in [5.74, 6) is 1.43. The van der Waals surface area contributed by atoms with E-state index in [4.69, 9.17) is 16.3 Å². The van der Waals surface area contributed by atoms with E-state index in [-0.39, 0.29) is 5.91 Å². The number of benzene rings is 3. The van der Waals surface area contributed by atoms with Crippen LogP contribution in [0.25, 0.3) is 0 Å².